The number of rotatable bonds is 4. The van der Waals surface area contributed by atoms with Gasteiger partial charge >= 0.3 is 0 Å². The van der Waals surface area contributed by atoms with E-state index in [-0.39, 0.29) is 12.3 Å². The van der Waals surface area contributed by atoms with Crippen molar-refractivity contribution >= 4 is 29.1 Å². The molecule has 0 aliphatic carbocycles. The predicted octanol–water partition coefficient (Wildman–Crippen LogP) is 5.13. The molecule has 4 aromatic carbocycles. The lowest BCUT2D eigenvalue weighted by Gasteiger charge is -2.41. The molecule has 0 unspecified atom stereocenters. The summed E-state index contributed by atoms with van der Waals surface area (Å²) in [4.78, 5) is 44.0. The van der Waals surface area contributed by atoms with Gasteiger partial charge in [0.2, 0.25) is 0 Å². The number of para-hydroxylation sites is 2. The maximum atomic E-state index is 14.0. The van der Waals surface area contributed by atoms with E-state index >= 15 is 0 Å². The Balaban J connectivity index is 1.66. The zero-order valence-corrected chi connectivity index (χ0v) is 18.4. The highest BCUT2D eigenvalue weighted by Crippen LogP contribution is 2.38. The largest absolute Gasteiger partial charge is 0.293 e. The molecule has 5 heteroatoms. The van der Waals surface area contributed by atoms with Crippen LogP contribution < -0.4 is 9.80 Å². The third kappa shape index (κ3) is 3.88. The summed E-state index contributed by atoms with van der Waals surface area (Å²) < 4.78 is 0. The van der Waals surface area contributed by atoms with Crippen molar-refractivity contribution in [3.05, 3.63) is 132 Å². The van der Waals surface area contributed by atoms with Crippen molar-refractivity contribution in [1.82, 2.24) is 0 Å². The number of anilines is 2. The average Bonchev–Trinajstić information content (AvgIpc) is 2.90. The minimum Gasteiger partial charge on any atom is -0.293 e. The Morgan fingerprint density at radius 2 is 1.06 bits per heavy atom. The van der Waals surface area contributed by atoms with Crippen LogP contribution in [-0.2, 0) is 11.2 Å². The van der Waals surface area contributed by atoms with E-state index in [1.54, 1.807) is 66.7 Å². The maximum absolute atomic E-state index is 14.0. The molecule has 0 saturated carbocycles. The van der Waals surface area contributed by atoms with Gasteiger partial charge in [-0.3, -0.25) is 19.3 Å². The molecule has 0 bridgehead atoms. The van der Waals surface area contributed by atoms with Crippen LogP contribution in [0.3, 0.4) is 0 Å². The van der Waals surface area contributed by atoms with Gasteiger partial charge in [0.1, 0.15) is 6.04 Å². The van der Waals surface area contributed by atoms with Gasteiger partial charge < -0.3 is 0 Å². The molecule has 0 fully saturated rings. The van der Waals surface area contributed by atoms with Crippen LogP contribution in [0.5, 0.6) is 0 Å². The molecular weight excluding hydrogens is 424 g/mol. The highest BCUT2D eigenvalue weighted by Gasteiger charge is 2.44. The van der Waals surface area contributed by atoms with Gasteiger partial charge in [-0.25, -0.2) is 4.90 Å². The summed E-state index contributed by atoms with van der Waals surface area (Å²) in [6.07, 6.45) is 0.283. The molecular formula is C29H22N2O3. The van der Waals surface area contributed by atoms with E-state index < -0.39 is 17.9 Å². The number of benzene rings is 4. The van der Waals surface area contributed by atoms with Crippen LogP contribution in [0.4, 0.5) is 11.4 Å². The molecule has 0 N–H and O–H groups in total. The SMILES string of the molecule is O=C(c1ccccc1)N1C(=O)[C@H](Cc2ccccc2)N(C(=O)c2ccccc2)c2ccccc21. The maximum Gasteiger partial charge on any atom is 0.265 e. The van der Waals surface area contributed by atoms with Crippen LogP contribution in [-0.4, -0.2) is 23.8 Å². The molecule has 5 rings (SSSR count). The standard InChI is InChI=1S/C29H22N2O3/c32-27(22-14-6-2-7-15-22)30-24-18-10-11-19-25(24)31(28(33)23-16-8-3-9-17-23)29(34)26(30)20-21-12-4-1-5-13-21/h1-19,26H,20H2/t26-/m0/s1. The second-order valence-electron chi connectivity index (χ2n) is 8.08. The van der Waals surface area contributed by atoms with Crippen LogP contribution in [0, 0.1) is 0 Å². The number of carbonyl (C=O) groups is 3. The molecule has 1 aliphatic heterocycles. The lowest BCUT2D eigenvalue weighted by molar-refractivity contribution is -0.119. The number of nitrogens with zero attached hydrogens (tertiary/aromatic N) is 2. The van der Waals surface area contributed by atoms with Gasteiger partial charge in [0.25, 0.3) is 17.7 Å². The second-order valence-corrected chi connectivity index (χ2v) is 8.08. The van der Waals surface area contributed by atoms with Crippen molar-refractivity contribution in [2.45, 2.75) is 12.5 Å². The zero-order chi connectivity index (χ0) is 23.5. The highest BCUT2D eigenvalue weighted by molar-refractivity contribution is 6.28. The van der Waals surface area contributed by atoms with E-state index in [1.807, 2.05) is 48.5 Å². The molecule has 0 saturated heterocycles. The van der Waals surface area contributed by atoms with Gasteiger partial charge in [0.15, 0.2) is 0 Å². The summed E-state index contributed by atoms with van der Waals surface area (Å²) in [6.45, 7) is 0. The van der Waals surface area contributed by atoms with Crippen molar-refractivity contribution in [2.75, 3.05) is 9.80 Å². The monoisotopic (exact) mass is 446 g/mol. The van der Waals surface area contributed by atoms with Gasteiger partial charge in [0, 0.05) is 17.5 Å². The Bertz CT molecular complexity index is 1340. The summed E-state index contributed by atoms with van der Waals surface area (Å²) in [6, 6.07) is 33.3. The van der Waals surface area contributed by atoms with E-state index in [0.717, 1.165) is 5.56 Å². The summed E-state index contributed by atoms with van der Waals surface area (Å²) in [5, 5.41) is 0. The molecule has 4 aromatic rings. The first-order valence-corrected chi connectivity index (χ1v) is 11.1. The first kappa shape index (κ1) is 21.3. The van der Waals surface area contributed by atoms with Crippen molar-refractivity contribution in [2.24, 2.45) is 0 Å². The topological polar surface area (TPSA) is 57.7 Å². The molecule has 3 amide bonds. The lowest BCUT2D eigenvalue weighted by atomic mass is 9.97. The lowest BCUT2D eigenvalue weighted by Crippen LogP contribution is -2.58. The third-order valence-electron chi connectivity index (χ3n) is 5.93. The summed E-state index contributed by atoms with van der Waals surface area (Å²) >= 11 is 0. The quantitative estimate of drug-likeness (QED) is 0.408. The van der Waals surface area contributed by atoms with E-state index in [4.69, 9.17) is 0 Å². The Kier molecular flexibility index (Phi) is 5.75. The minimum absolute atomic E-state index is 0.283. The van der Waals surface area contributed by atoms with Crippen molar-refractivity contribution in [3.63, 3.8) is 0 Å². The van der Waals surface area contributed by atoms with Crippen LogP contribution in [0.1, 0.15) is 26.3 Å². The second kappa shape index (κ2) is 9.16. The molecule has 34 heavy (non-hydrogen) atoms. The molecule has 1 aliphatic rings. The number of fused-ring (bicyclic) bond motifs is 1. The number of hydrogen-bond donors (Lipinski definition) is 0. The van der Waals surface area contributed by atoms with Crippen molar-refractivity contribution in [3.8, 4) is 0 Å². The fourth-order valence-corrected chi connectivity index (χ4v) is 4.31. The van der Waals surface area contributed by atoms with Crippen LogP contribution >= 0.6 is 0 Å². The molecule has 1 heterocycles. The Labute approximate surface area is 197 Å². The van der Waals surface area contributed by atoms with Gasteiger partial charge in [-0.2, -0.15) is 0 Å². The zero-order valence-electron chi connectivity index (χ0n) is 18.4. The third-order valence-corrected chi connectivity index (χ3v) is 5.93. The Morgan fingerprint density at radius 1 is 0.588 bits per heavy atom. The fourth-order valence-electron chi connectivity index (χ4n) is 4.31. The minimum atomic E-state index is -0.877. The number of hydrogen-bond acceptors (Lipinski definition) is 3. The van der Waals surface area contributed by atoms with E-state index in [1.165, 1.54) is 9.80 Å². The van der Waals surface area contributed by atoms with E-state index in [0.29, 0.717) is 22.5 Å². The molecule has 0 spiro atoms. The van der Waals surface area contributed by atoms with E-state index in [2.05, 4.69) is 0 Å². The highest BCUT2D eigenvalue weighted by atomic mass is 16.2. The molecule has 5 nitrogen and oxygen atoms in total. The van der Waals surface area contributed by atoms with Crippen molar-refractivity contribution < 1.29 is 14.4 Å². The first-order chi connectivity index (χ1) is 16.6. The van der Waals surface area contributed by atoms with Crippen molar-refractivity contribution in [1.29, 1.82) is 0 Å². The van der Waals surface area contributed by atoms with E-state index in [9.17, 15) is 14.4 Å². The van der Waals surface area contributed by atoms with Crippen LogP contribution in [0.15, 0.2) is 115 Å². The first-order valence-electron chi connectivity index (χ1n) is 11.1. The summed E-state index contributed by atoms with van der Waals surface area (Å²) in [5.74, 6) is -1.13. The Hall–Kier alpha value is -4.51. The van der Waals surface area contributed by atoms with Gasteiger partial charge in [-0.15, -0.1) is 0 Å². The average molecular weight is 447 g/mol. The molecule has 166 valence electrons. The smallest absolute Gasteiger partial charge is 0.265 e. The predicted molar refractivity (Wildman–Crippen MR) is 132 cm³/mol. The summed E-state index contributed by atoms with van der Waals surface area (Å²) in [5.41, 5.74) is 2.72. The number of carbonyl (C=O) groups excluding carboxylic acids is 3. The fraction of sp³-hybridized carbons (Fsp3) is 0.0690. The van der Waals surface area contributed by atoms with Gasteiger partial charge in [-0.1, -0.05) is 78.9 Å². The number of amides is 3. The van der Waals surface area contributed by atoms with Crippen LogP contribution in [0.2, 0.25) is 0 Å². The molecule has 0 aromatic heterocycles. The van der Waals surface area contributed by atoms with Gasteiger partial charge in [-0.05, 0) is 42.0 Å². The normalized spacial score (nSPS) is 15.1. The molecule has 0 radical (unpaired) electrons. The van der Waals surface area contributed by atoms with Crippen LogP contribution in [0.25, 0.3) is 0 Å². The van der Waals surface area contributed by atoms with Gasteiger partial charge in [0.05, 0.1) is 11.4 Å². The molecule has 1 atom stereocenters. The summed E-state index contributed by atoms with van der Waals surface area (Å²) in [7, 11) is 0. The Morgan fingerprint density at radius 3 is 1.65 bits per heavy atom. The number of imide groups is 1.